The molecule has 0 saturated carbocycles. The number of aromatic nitrogens is 1. The number of benzene rings is 3. The lowest BCUT2D eigenvalue weighted by Crippen LogP contribution is -2.48. The number of H-pyrrole nitrogens is 1. The summed E-state index contributed by atoms with van der Waals surface area (Å²) in [5.41, 5.74) is 3.85. The Balaban J connectivity index is 0.000000996. The Morgan fingerprint density at radius 3 is 2.14 bits per heavy atom. The minimum atomic E-state index is -1.04. The van der Waals surface area contributed by atoms with Gasteiger partial charge in [-0.1, -0.05) is 36.4 Å². The number of hydrogen-bond acceptors (Lipinski definition) is 7. The van der Waals surface area contributed by atoms with Gasteiger partial charge in [0.15, 0.2) is 5.88 Å². The van der Waals surface area contributed by atoms with E-state index in [0.717, 1.165) is 44.4 Å². The lowest BCUT2D eigenvalue weighted by molar-refractivity contribution is -0.134. The van der Waals surface area contributed by atoms with Crippen molar-refractivity contribution in [2.75, 3.05) is 51.7 Å². The normalized spacial score (nSPS) is 14.2. The summed E-state index contributed by atoms with van der Waals surface area (Å²) < 4.78 is 0. The molecule has 4 aromatic rings. The van der Waals surface area contributed by atoms with Crippen LogP contribution in [0.4, 0.5) is 11.4 Å². The fourth-order valence-electron chi connectivity index (χ4n) is 4.74. The molecule has 0 unspecified atom stereocenters. The number of aliphatic imine (C=N–C) groups is 1. The van der Waals surface area contributed by atoms with Crippen molar-refractivity contribution in [1.29, 1.82) is 0 Å². The van der Waals surface area contributed by atoms with E-state index in [1.54, 1.807) is 18.0 Å². The van der Waals surface area contributed by atoms with Gasteiger partial charge in [0, 0.05) is 62.3 Å². The van der Waals surface area contributed by atoms with Gasteiger partial charge in [0.05, 0.1) is 29.1 Å². The first-order valence-electron chi connectivity index (χ1n) is 13.7. The number of likely N-dealkylation sites (N-methyl/N-ethyl adjacent to an activating group) is 2. The van der Waals surface area contributed by atoms with Crippen LogP contribution in [-0.4, -0.2) is 100 Å². The fraction of sp³-hybridized carbons (Fsp3) is 0.250. The van der Waals surface area contributed by atoms with Crippen molar-refractivity contribution in [3.63, 3.8) is 0 Å². The zero-order valence-corrected chi connectivity index (χ0v) is 24.3. The quantitative estimate of drug-likeness (QED) is 0.238. The van der Waals surface area contributed by atoms with Gasteiger partial charge in [0.1, 0.15) is 0 Å². The summed E-state index contributed by atoms with van der Waals surface area (Å²) in [6, 6.07) is 21.6. The number of nitrogens with one attached hydrogen (secondary N) is 1. The summed E-state index contributed by atoms with van der Waals surface area (Å²) in [4.78, 5) is 47.2. The molecule has 1 aliphatic heterocycles. The zero-order chi connectivity index (χ0) is 31.1. The number of aliphatic carboxylic acids is 1. The van der Waals surface area contributed by atoms with Crippen LogP contribution < -0.4 is 4.90 Å². The molecule has 4 N–H and O–H groups in total. The summed E-state index contributed by atoms with van der Waals surface area (Å²) in [7, 11) is 3.87. The average Bonchev–Trinajstić information content (AvgIpc) is 3.31. The number of aromatic amines is 1. The monoisotopic (exact) mass is 585 g/mol. The summed E-state index contributed by atoms with van der Waals surface area (Å²) in [5, 5.41) is 28.3. The lowest BCUT2D eigenvalue weighted by Gasteiger charge is -2.32. The Bertz CT molecular complexity index is 1620. The number of aromatic carboxylic acids is 1. The highest BCUT2D eigenvalue weighted by molar-refractivity contribution is 6.22. The first-order valence-corrected chi connectivity index (χ1v) is 13.7. The van der Waals surface area contributed by atoms with Crippen LogP contribution in [0.2, 0.25) is 0 Å². The van der Waals surface area contributed by atoms with Gasteiger partial charge in [-0.2, -0.15) is 0 Å². The Kier molecular flexibility index (Phi) is 9.91. The predicted octanol–water partition coefficient (Wildman–Crippen LogP) is 4.04. The third-order valence-corrected chi connectivity index (χ3v) is 7.12. The molecule has 1 amide bonds. The molecule has 0 spiro atoms. The van der Waals surface area contributed by atoms with E-state index in [1.165, 1.54) is 12.1 Å². The summed E-state index contributed by atoms with van der Waals surface area (Å²) in [6.45, 7) is 5.14. The van der Waals surface area contributed by atoms with Crippen LogP contribution in [0.15, 0.2) is 77.8 Å². The zero-order valence-electron chi connectivity index (χ0n) is 24.3. The smallest absolute Gasteiger partial charge is 0.335 e. The van der Waals surface area contributed by atoms with Gasteiger partial charge < -0.3 is 30.1 Å². The first-order chi connectivity index (χ1) is 20.5. The maximum Gasteiger partial charge on any atom is 0.335 e. The highest BCUT2D eigenvalue weighted by Crippen LogP contribution is 2.32. The Morgan fingerprint density at radius 1 is 0.907 bits per heavy atom. The molecule has 2 heterocycles. The second kappa shape index (κ2) is 13.8. The number of carbonyl (C=O) groups is 3. The molecule has 1 aromatic heterocycles. The Labute approximate surface area is 249 Å². The number of fused-ring (bicyclic) bond motifs is 1. The van der Waals surface area contributed by atoms with Crippen molar-refractivity contribution in [2.45, 2.75) is 6.92 Å². The third-order valence-electron chi connectivity index (χ3n) is 7.12. The van der Waals surface area contributed by atoms with Gasteiger partial charge in [0.2, 0.25) is 5.91 Å². The molecule has 3 aromatic carbocycles. The van der Waals surface area contributed by atoms with E-state index in [0.29, 0.717) is 34.4 Å². The van der Waals surface area contributed by atoms with Crippen LogP contribution in [0, 0.1) is 0 Å². The molecule has 0 bridgehead atoms. The molecule has 0 aliphatic carbocycles. The minimum Gasteiger partial charge on any atom is -0.494 e. The van der Waals surface area contributed by atoms with Gasteiger partial charge in [-0.3, -0.25) is 14.5 Å². The van der Waals surface area contributed by atoms with Crippen molar-refractivity contribution < 1.29 is 29.7 Å². The molecular formula is C32H35N5O6. The number of carboxylic acids is 2. The molecule has 43 heavy (non-hydrogen) atoms. The van der Waals surface area contributed by atoms with Crippen LogP contribution in [0.3, 0.4) is 0 Å². The molecule has 1 saturated heterocycles. The van der Waals surface area contributed by atoms with Crippen LogP contribution in [-0.2, 0) is 9.59 Å². The number of carbonyl (C=O) groups excluding carboxylic acids is 1. The molecule has 1 aliphatic rings. The number of piperazine rings is 1. The standard InChI is InChI=1S/C30H31N5O4.C2H4O2/c1-33-14-16-35(17-15-33)19-26(36)34(2)23-11-9-22(10-12-23)31-28(20-6-4-3-5-7-20)27-24-13-8-21(30(38)39)18-25(24)32-29(27)37;1-2(3)4/h3-13,18,32,37H,14-17,19H2,1-2H3,(H,38,39);1H3,(H,3,4). The Hall–Kier alpha value is -5.00. The molecular weight excluding hydrogens is 550 g/mol. The number of carboxylic acid groups (broad SMARTS) is 2. The number of hydrogen-bond donors (Lipinski definition) is 4. The Morgan fingerprint density at radius 2 is 1.53 bits per heavy atom. The van der Waals surface area contributed by atoms with Gasteiger partial charge in [-0.25, -0.2) is 9.79 Å². The number of amides is 1. The van der Waals surface area contributed by atoms with Crippen LogP contribution in [0.25, 0.3) is 10.9 Å². The van der Waals surface area contributed by atoms with E-state index in [4.69, 9.17) is 14.9 Å². The van der Waals surface area contributed by atoms with Crippen molar-refractivity contribution in [3.05, 3.63) is 89.5 Å². The van der Waals surface area contributed by atoms with Gasteiger partial charge in [-0.15, -0.1) is 0 Å². The summed E-state index contributed by atoms with van der Waals surface area (Å²) >= 11 is 0. The molecule has 11 heteroatoms. The molecule has 11 nitrogen and oxygen atoms in total. The van der Waals surface area contributed by atoms with E-state index < -0.39 is 11.9 Å². The van der Waals surface area contributed by atoms with Crippen molar-refractivity contribution in [1.82, 2.24) is 14.8 Å². The van der Waals surface area contributed by atoms with Crippen LogP contribution in [0.5, 0.6) is 5.88 Å². The van der Waals surface area contributed by atoms with E-state index in [2.05, 4.69) is 21.8 Å². The van der Waals surface area contributed by atoms with Gasteiger partial charge in [-0.05, 0) is 43.4 Å². The molecule has 5 rings (SSSR count). The van der Waals surface area contributed by atoms with E-state index in [1.807, 2.05) is 54.6 Å². The average molecular weight is 586 g/mol. The maximum absolute atomic E-state index is 12.9. The van der Waals surface area contributed by atoms with Crippen LogP contribution >= 0.6 is 0 Å². The highest BCUT2D eigenvalue weighted by Gasteiger charge is 2.21. The number of rotatable bonds is 7. The largest absolute Gasteiger partial charge is 0.494 e. The van der Waals surface area contributed by atoms with E-state index in [9.17, 15) is 19.8 Å². The van der Waals surface area contributed by atoms with Crippen molar-refractivity contribution in [3.8, 4) is 5.88 Å². The summed E-state index contributed by atoms with van der Waals surface area (Å²) in [5.74, 6) is -1.94. The minimum absolute atomic E-state index is 0.0326. The SMILES string of the molecule is CC(=O)O.CN1CCN(CC(=O)N(C)c2ccc(N=C(c3ccccc3)c3c(O)[nH]c4cc(C(=O)O)ccc34)cc2)CC1. The first kappa shape index (κ1) is 30.9. The molecule has 1 fully saturated rings. The van der Waals surface area contributed by atoms with Crippen molar-refractivity contribution >= 4 is 45.8 Å². The lowest BCUT2D eigenvalue weighted by atomic mass is 10.00. The molecule has 0 radical (unpaired) electrons. The highest BCUT2D eigenvalue weighted by atomic mass is 16.4. The van der Waals surface area contributed by atoms with Crippen molar-refractivity contribution in [2.24, 2.45) is 4.99 Å². The fourth-order valence-corrected chi connectivity index (χ4v) is 4.74. The van der Waals surface area contributed by atoms with Gasteiger partial charge in [0.25, 0.3) is 5.97 Å². The van der Waals surface area contributed by atoms with E-state index in [-0.39, 0.29) is 17.4 Å². The van der Waals surface area contributed by atoms with Gasteiger partial charge >= 0.3 is 5.97 Å². The topological polar surface area (TPSA) is 150 Å². The predicted molar refractivity (Wildman–Crippen MR) is 166 cm³/mol. The second-order valence-electron chi connectivity index (χ2n) is 10.3. The molecule has 224 valence electrons. The number of anilines is 1. The third kappa shape index (κ3) is 7.85. The van der Waals surface area contributed by atoms with Crippen LogP contribution in [0.1, 0.15) is 28.4 Å². The maximum atomic E-state index is 12.9. The second-order valence-corrected chi connectivity index (χ2v) is 10.3. The molecule has 0 atom stereocenters. The van der Waals surface area contributed by atoms with E-state index >= 15 is 0 Å². The summed E-state index contributed by atoms with van der Waals surface area (Å²) in [6.07, 6.45) is 0. The number of aromatic hydroxyl groups is 1. The number of nitrogens with zero attached hydrogens (tertiary/aromatic N) is 4.